The maximum absolute atomic E-state index is 13.7. The zero-order valence-electron chi connectivity index (χ0n) is 16.7. The Morgan fingerprint density at radius 2 is 1.88 bits per heavy atom. The fourth-order valence-electron chi connectivity index (χ4n) is 3.37. The topological polar surface area (TPSA) is 128 Å². The average Bonchev–Trinajstić information content (AvgIpc) is 3.16. The van der Waals surface area contributed by atoms with Crippen molar-refractivity contribution < 1.29 is 45.7 Å². The summed E-state index contributed by atoms with van der Waals surface area (Å²) in [6, 6.07) is 0.490. The molecule has 0 fully saturated rings. The number of fused-ring (bicyclic) bond motifs is 5. The van der Waals surface area contributed by atoms with Crippen LogP contribution >= 0.6 is 0 Å². The van der Waals surface area contributed by atoms with Crippen molar-refractivity contribution in [3.8, 4) is 17.5 Å². The van der Waals surface area contributed by atoms with Crippen LogP contribution in [0.15, 0.2) is 10.5 Å². The van der Waals surface area contributed by atoms with E-state index in [0.29, 0.717) is 6.07 Å². The molecule has 0 aliphatic carbocycles. The van der Waals surface area contributed by atoms with E-state index in [0.717, 1.165) is 0 Å². The van der Waals surface area contributed by atoms with Gasteiger partial charge in [0.05, 0.1) is 5.69 Å². The van der Waals surface area contributed by atoms with Gasteiger partial charge in [-0.1, -0.05) is 6.42 Å². The van der Waals surface area contributed by atoms with Gasteiger partial charge in [0.25, 0.3) is 11.8 Å². The first-order valence-electron chi connectivity index (χ1n) is 9.56. The highest BCUT2D eigenvalue weighted by molar-refractivity contribution is 5.68. The van der Waals surface area contributed by atoms with E-state index >= 15 is 0 Å². The standard InChI is InChI=1S/C18H20F6N4O4/c1-8-9(7-29)4-2-3-5-16(30,18(22,23)24)15-28-27-14(32-15)12-11(25)6-10(17(19,20)21)13(26-12)31-8/h6,8-9,29-30H,2-5,7,25H2,1H3/t8-,9?,16-/m1/s1. The van der Waals surface area contributed by atoms with Gasteiger partial charge in [0.1, 0.15) is 11.7 Å². The van der Waals surface area contributed by atoms with E-state index in [2.05, 4.69) is 15.2 Å². The van der Waals surface area contributed by atoms with Gasteiger partial charge < -0.3 is 25.1 Å². The second-order valence-corrected chi connectivity index (χ2v) is 7.56. The molecule has 2 aromatic heterocycles. The highest BCUT2D eigenvalue weighted by atomic mass is 19.4. The molecule has 32 heavy (non-hydrogen) atoms. The predicted octanol–water partition coefficient (Wildman–Crippen LogP) is 3.43. The van der Waals surface area contributed by atoms with Gasteiger partial charge in [0, 0.05) is 12.5 Å². The Kier molecular flexibility index (Phi) is 6.30. The monoisotopic (exact) mass is 470 g/mol. The first-order valence-corrected chi connectivity index (χ1v) is 9.56. The van der Waals surface area contributed by atoms with Crippen molar-refractivity contribution in [2.75, 3.05) is 12.3 Å². The fraction of sp³-hybridized carbons (Fsp3) is 0.611. The van der Waals surface area contributed by atoms with Crippen LogP contribution in [-0.4, -0.2) is 44.3 Å². The quantitative estimate of drug-likeness (QED) is 0.541. The summed E-state index contributed by atoms with van der Waals surface area (Å²) in [5, 5.41) is 26.6. The Bertz CT molecular complexity index is 964. The van der Waals surface area contributed by atoms with Crippen molar-refractivity contribution in [1.29, 1.82) is 0 Å². The molecule has 1 aliphatic heterocycles. The molecule has 0 saturated heterocycles. The van der Waals surface area contributed by atoms with Crippen molar-refractivity contribution >= 4 is 5.69 Å². The van der Waals surface area contributed by atoms with Crippen LogP contribution in [0.5, 0.6) is 5.88 Å². The number of halogens is 6. The lowest BCUT2D eigenvalue weighted by molar-refractivity contribution is -0.277. The van der Waals surface area contributed by atoms with Gasteiger partial charge in [-0.05, 0) is 32.3 Å². The first kappa shape index (κ1) is 24.0. The Morgan fingerprint density at radius 3 is 2.47 bits per heavy atom. The van der Waals surface area contributed by atoms with Crippen LogP contribution in [-0.2, 0) is 11.8 Å². The average molecular weight is 470 g/mol. The molecule has 0 saturated carbocycles. The number of hydrogen-bond donors (Lipinski definition) is 3. The molecule has 178 valence electrons. The Balaban J connectivity index is 2.20. The molecule has 3 rings (SSSR count). The normalized spacial score (nSPS) is 25.2. The number of alkyl halides is 6. The highest BCUT2D eigenvalue weighted by Gasteiger charge is 2.58. The first-order chi connectivity index (χ1) is 14.8. The molecule has 4 bridgehead atoms. The predicted molar refractivity (Wildman–Crippen MR) is 96.0 cm³/mol. The minimum Gasteiger partial charge on any atom is -0.474 e. The van der Waals surface area contributed by atoms with E-state index in [-0.39, 0.29) is 19.3 Å². The number of hydrogen-bond acceptors (Lipinski definition) is 8. The molecule has 4 N–H and O–H groups in total. The molecule has 1 aliphatic rings. The molecule has 0 spiro atoms. The summed E-state index contributed by atoms with van der Waals surface area (Å²) >= 11 is 0. The van der Waals surface area contributed by atoms with Crippen molar-refractivity contribution in [1.82, 2.24) is 15.2 Å². The third kappa shape index (κ3) is 4.46. The van der Waals surface area contributed by atoms with Gasteiger partial charge in [0.15, 0.2) is 5.69 Å². The van der Waals surface area contributed by atoms with Crippen LogP contribution in [0.25, 0.3) is 11.6 Å². The summed E-state index contributed by atoms with van der Waals surface area (Å²) in [5.41, 5.74) is -0.306. The van der Waals surface area contributed by atoms with Gasteiger partial charge in [-0.15, -0.1) is 10.2 Å². The van der Waals surface area contributed by atoms with Crippen molar-refractivity contribution in [3.05, 3.63) is 17.5 Å². The fourth-order valence-corrected chi connectivity index (χ4v) is 3.37. The summed E-state index contributed by atoms with van der Waals surface area (Å²) in [6.45, 7) is 0.915. The third-order valence-electron chi connectivity index (χ3n) is 5.33. The smallest absolute Gasteiger partial charge is 0.426 e. The summed E-state index contributed by atoms with van der Waals surface area (Å²) < 4.78 is 91.9. The second-order valence-electron chi connectivity index (χ2n) is 7.56. The minimum atomic E-state index is -5.18. The minimum absolute atomic E-state index is 0.102. The Labute approximate surface area is 177 Å². The Hall–Kier alpha value is -2.61. The number of anilines is 1. The molecule has 0 aromatic carbocycles. The number of aliphatic hydroxyl groups excluding tert-OH is 1. The maximum atomic E-state index is 13.7. The lowest BCUT2D eigenvalue weighted by atomic mass is 9.92. The van der Waals surface area contributed by atoms with Crippen LogP contribution in [0.2, 0.25) is 0 Å². The molecule has 0 radical (unpaired) electrons. The Morgan fingerprint density at radius 1 is 1.19 bits per heavy atom. The van der Waals surface area contributed by atoms with E-state index in [1.165, 1.54) is 6.92 Å². The highest BCUT2D eigenvalue weighted by Crippen LogP contribution is 2.44. The van der Waals surface area contributed by atoms with E-state index in [1.54, 1.807) is 0 Å². The summed E-state index contributed by atoms with van der Waals surface area (Å²) in [7, 11) is 0. The molecule has 3 atom stereocenters. The number of nitrogen functional groups attached to an aromatic ring is 1. The van der Waals surface area contributed by atoms with Crippen LogP contribution in [0.4, 0.5) is 32.0 Å². The van der Waals surface area contributed by atoms with Gasteiger partial charge in [-0.2, -0.15) is 26.3 Å². The molecule has 2 aromatic rings. The van der Waals surface area contributed by atoms with E-state index < -0.39 is 77.6 Å². The number of aliphatic hydroxyl groups is 2. The molecule has 0 amide bonds. The van der Waals surface area contributed by atoms with E-state index in [9.17, 15) is 36.6 Å². The number of pyridine rings is 1. The zero-order valence-corrected chi connectivity index (χ0v) is 16.7. The molecular weight excluding hydrogens is 450 g/mol. The summed E-state index contributed by atoms with van der Waals surface area (Å²) in [4.78, 5) is 3.69. The lowest BCUT2D eigenvalue weighted by Crippen LogP contribution is -2.42. The number of aromatic nitrogens is 3. The molecule has 3 heterocycles. The van der Waals surface area contributed by atoms with Gasteiger partial charge >= 0.3 is 12.4 Å². The molecule has 14 heteroatoms. The van der Waals surface area contributed by atoms with Crippen LogP contribution in [0.1, 0.15) is 44.1 Å². The number of nitrogens with zero attached hydrogens (tertiary/aromatic N) is 3. The van der Waals surface area contributed by atoms with Crippen LogP contribution in [0.3, 0.4) is 0 Å². The van der Waals surface area contributed by atoms with Crippen LogP contribution < -0.4 is 10.5 Å². The number of ether oxygens (including phenoxy) is 1. The summed E-state index contributed by atoms with van der Waals surface area (Å²) in [5.74, 6) is -3.52. The van der Waals surface area contributed by atoms with Gasteiger partial charge in [-0.25, -0.2) is 4.98 Å². The van der Waals surface area contributed by atoms with E-state index in [4.69, 9.17) is 14.9 Å². The molecule has 1 unspecified atom stereocenters. The zero-order chi connectivity index (χ0) is 23.9. The van der Waals surface area contributed by atoms with Gasteiger partial charge in [-0.3, -0.25) is 0 Å². The maximum Gasteiger partial charge on any atom is 0.426 e. The largest absolute Gasteiger partial charge is 0.474 e. The molecular formula is C18H20F6N4O4. The van der Waals surface area contributed by atoms with E-state index in [1.807, 2.05) is 0 Å². The molecule has 8 nitrogen and oxygen atoms in total. The van der Waals surface area contributed by atoms with Crippen molar-refractivity contribution in [2.45, 2.75) is 56.7 Å². The second kappa shape index (κ2) is 8.39. The van der Waals surface area contributed by atoms with Crippen molar-refractivity contribution in [3.63, 3.8) is 0 Å². The van der Waals surface area contributed by atoms with Crippen molar-refractivity contribution in [2.24, 2.45) is 5.92 Å². The lowest BCUT2D eigenvalue weighted by Gasteiger charge is -2.28. The number of rotatable bonds is 1. The summed E-state index contributed by atoms with van der Waals surface area (Å²) in [6.07, 6.45) is -11.8. The number of nitrogens with two attached hydrogens (primary N) is 1. The third-order valence-corrected chi connectivity index (χ3v) is 5.33. The SMILES string of the molecule is C[C@H]1Oc2nc(c(N)cc2C(F)(F)F)-c2nnc(o2)[C@@](O)(C(F)(F)F)CCCCC1CO. The van der Waals surface area contributed by atoms with Crippen LogP contribution in [0, 0.1) is 5.92 Å². The van der Waals surface area contributed by atoms with Gasteiger partial charge in [0.2, 0.25) is 11.5 Å².